The highest BCUT2D eigenvalue weighted by Crippen LogP contribution is 2.10. The van der Waals surface area contributed by atoms with Gasteiger partial charge in [0, 0.05) is 13.1 Å². The number of halogens is 1. The molecule has 4 N–H and O–H groups in total. The summed E-state index contributed by atoms with van der Waals surface area (Å²) in [5.74, 6) is 0.812. The van der Waals surface area contributed by atoms with Gasteiger partial charge in [-0.15, -0.1) is 24.0 Å². The molecule has 0 atom stereocenters. The second kappa shape index (κ2) is 11.8. The second-order valence-electron chi connectivity index (χ2n) is 4.67. The predicted octanol–water partition coefficient (Wildman–Crippen LogP) is 3.04. The molecule has 114 valence electrons. The van der Waals surface area contributed by atoms with Crippen LogP contribution in [-0.2, 0) is 6.42 Å². The number of hydrogen-bond donors (Lipinski definition) is 3. The van der Waals surface area contributed by atoms with Crippen molar-refractivity contribution in [3.63, 3.8) is 0 Å². The van der Waals surface area contributed by atoms with Gasteiger partial charge < -0.3 is 16.2 Å². The summed E-state index contributed by atoms with van der Waals surface area (Å²) in [5, 5.41) is 12.4. The van der Waals surface area contributed by atoms with Crippen LogP contribution in [0.2, 0.25) is 0 Å². The van der Waals surface area contributed by atoms with Crippen molar-refractivity contribution in [1.82, 2.24) is 5.32 Å². The van der Waals surface area contributed by atoms with Crippen molar-refractivity contribution in [2.75, 3.05) is 13.1 Å². The third kappa shape index (κ3) is 9.01. The van der Waals surface area contributed by atoms with E-state index in [1.54, 1.807) is 12.1 Å². The monoisotopic (exact) mass is 391 g/mol. The van der Waals surface area contributed by atoms with E-state index >= 15 is 0 Å². The maximum Gasteiger partial charge on any atom is 0.188 e. The number of nitrogens with two attached hydrogens (primary N) is 1. The lowest BCUT2D eigenvalue weighted by atomic mass is 10.1. The average molecular weight is 391 g/mol. The fourth-order valence-electron chi connectivity index (χ4n) is 1.84. The van der Waals surface area contributed by atoms with Crippen LogP contribution in [0.1, 0.15) is 38.2 Å². The average Bonchev–Trinajstić information content (AvgIpc) is 2.38. The van der Waals surface area contributed by atoms with E-state index in [-0.39, 0.29) is 24.0 Å². The number of phenols is 1. The third-order valence-electron chi connectivity index (χ3n) is 2.92. The molecule has 5 heteroatoms. The number of aliphatic imine (C=N–C) groups is 1. The maximum absolute atomic E-state index is 9.34. The molecule has 0 fully saturated rings. The quantitative estimate of drug-likeness (QED) is 0.276. The Morgan fingerprint density at radius 3 is 2.80 bits per heavy atom. The van der Waals surface area contributed by atoms with E-state index in [0.717, 1.165) is 31.5 Å². The van der Waals surface area contributed by atoms with E-state index in [4.69, 9.17) is 5.73 Å². The van der Waals surface area contributed by atoms with E-state index in [2.05, 4.69) is 17.2 Å². The molecule has 0 saturated heterocycles. The first-order chi connectivity index (χ1) is 9.22. The molecule has 0 aliphatic heterocycles. The molecule has 1 aromatic carbocycles. The maximum atomic E-state index is 9.34. The summed E-state index contributed by atoms with van der Waals surface area (Å²) in [6.45, 7) is 3.72. The zero-order valence-corrected chi connectivity index (χ0v) is 14.5. The zero-order chi connectivity index (χ0) is 13.9. The highest BCUT2D eigenvalue weighted by atomic mass is 127. The fourth-order valence-corrected chi connectivity index (χ4v) is 1.84. The summed E-state index contributed by atoms with van der Waals surface area (Å²) >= 11 is 0. The van der Waals surface area contributed by atoms with Crippen LogP contribution in [-0.4, -0.2) is 24.2 Å². The van der Waals surface area contributed by atoms with Gasteiger partial charge >= 0.3 is 0 Å². The molecule has 0 aliphatic rings. The van der Waals surface area contributed by atoms with Gasteiger partial charge in [-0.3, -0.25) is 4.99 Å². The van der Waals surface area contributed by atoms with Crippen molar-refractivity contribution in [3.05, 3.63) is 29.8 Å². The SMILES string of the molecule is CCCCCCN=C(N)NCCc1cccc(O)c1.I. The third-order valence-corrected chi connectivity index (χ3v) is 2.92. The minimum absolute atomic E-state index is 0. The van der Waals surface area contributed by atoms with Crippen LogP contribution in [0.25, 0.3) is 0 Å². The molecule has 0 aliphatic carbocycles. The molecule has 0 saturated carbocycles. The second-order valence-corrected chi connectivity index (χ2v) is 4.67. The van der Waals surface area contributed by atoms with Crippen LogP contribution < -0.4 is 11.1 Å². The number of unbranched alkanes of at least 4 members (excludes halogenated alkanes) is 3. The van der Waals surface area contributed by atoms with Gasteiger partial charge in [-0.2, -0.15) is 0 Å². The van der Waals surface area contributed by atoms with Crippen LogP contribution in [0.15, 0.2) is 29.3 Å². The first-order valence-corrected chi connectivity index (χ1v) is 7.04. The molecule has 0 unspecified atom stereocenters. The molecular formula is C15H26IN3O. The number of aromatic hydroxyl groups is 1. The Labute approximate surface area is 138 Å². The molecule has 1 aromatic rings. The van der Waals surface area contributed by atoms with Crippen LogP contribution in [0.3, 0.4) is 0 Å². The minimum Gasteiger partial charge on any atom is -0.508 e. The van der Waals surface area contributed by atoms with Crippen molar-refractivity contribution < 1.29 is 5.11 Å². The first kappa shape index (κ1) is 19.0. The summed E-state index contributed by atoms with van der Waals surface area (Å²) in [4.78, 5) is 4.28. The van der Waals surface area contributed by atoms with Crippen LogP contribution in [0.5, 0.6) is 5.75 Å². The number of nitrogens with one attached hydrogen (secondary N) is 1. The minimum atomic E-state index is 0. The number of rotatable bonds is 8. The molecule has 20 heavy (non-hydrogen) atoms. The Balaban J connectivity index is 0.00000361. The molecule has 1 rings (SSSR count). The fraction of sp³-hybridized carbons (Fsp3) is 0.533. The number of guanidine groups is 1. The highest BCUT2D eigenvalue weighted by Gasteiger charge is 1.96. The van der Waals surface area contributed by atoms with E-state index in [1.165, 1.54) is 19.3 Å². The largest absolute Gasteiger partial charge is 0.508 e. The van der Waals surface area contributed by atoms with Gasteiger partial charge in [-0.05, 0) is 30.5 Å². The van der Waals surface area contributed by atoms with Gasteiger partial charge in [0.1, 0.15) is 5.75 Å². The number of hydrogen-bond acceptors (Lipinski definition) is 2. The van der Waals surface area contributed by atoms with Crippen molar-refractivity contribution in [1.29, 1.82) is 0 Å². The topological polar surface area (TPSA) is 70.6 Å². The molecule has 0 amide bonds. The summed E-state index contributed by atoms with van der Waals surface area (Å²) in [6.07, 6.45) is 5.64. The van der Waals surface area contributed by atoms with Gasteiger partial charge in [0.05, 0.1) is 0 Å². The first-order valence-electron chi connectivity index (χ1n) is 7.04. The molecule has 4 nitrogen and oxygen atoms in total. The van der Waals surface area contributed by atoms with E-state index in [1.807, 2.05) is 12.1 Å². The van der Waals surface area contributed by atoms with Gasteiger partial charge in [0.25, 0.3) is 0 Å². The smallest absolute Gasteiger partial charge is 0.188 e. The van der Waals surface area contributed by atoms with Crippen molar-refractivity contribution in [2.45, 2.75) is 39.0 Å². The molecule has 0 spiro atoms. The summed E-state index contributed by atoms with van der Waals surface area (Å²) in [5.41, 5.74) is 6.86. The Hall–Kier alpha value is -0.980. The lowest BCUT2D eigenvalue weighted by Gasteiger charge is -2.06. The number of phenolic OH excluding ortho intramolecular Hbond substituents is 1. The van der Waals surface area contributed by atoms with Gasteiger partial charge in [0.15, 0.2) is 5.96 Å². The van der Waals surface area contributed by atoms with E-state index in [0.29, 0.717) is 11.7 Å². The lowest BCUT2D eigenvalue weighted by Crippen LogP contribution is -2.33. The summed E-state index contributed by atoms with van der Waals surface area (Å²) < 4.78 is 0. The highest BCUT2D eigenvalue weighted by molar-refractivity contribution is 14.0. The summed E-state index contributed by atoms with van der Waals surface area (Å²) in [7, 11) is 0. The van der Waals surface area contributed by atoms with E-state index in [9.17, 15) is 5.11 Å². The lowest BCUT2D eigenvalue weighted by molar-refractivity contribution is 0.474. The Morgan fingerprint density at radius 1 is 1.30 bits per heavy atom. The van der Waals surface area contributed by atoms with Gasteiger partial charge in [-0.25, -0.2) is 0 Å². The van der Waals surface area contributed by atoms with Gasteiger partial charge in [-0.1, -0.05) is 38.3 Å². The van der Waals surface area contributed by atoms with Crippen molar-refractivity contribution >= 4 is 29.9 Å². The number of nitrogens with zero attached hydrogens (tertiary/aromatic N) is 1. The molecule has 0 heterocycles. The standard InChI is InChI=1S/C15H25N3O.HI/c1-2-3-4-5-10-17-15(16)18-11-9-13-7-6-8-14(19)12-13;/h6-8,12,19H,2-5,9-11H2,1H3,(H3,16,17,18);1H. The Bertz CT molecular complexity index is 396. The summed E-state index contributed by atoms with van der Waals surface area (Å²) in [6, 6.07) is 7.26. The van der Waals surface area contributed by atoms with Crippen LogP contribution in [0.4, 0.5) is 0 Å². The van der Waals surface area contributed by atoms with E-state index < -0.39 is 0 Å². The molecule has 0 aromatic heterocycles. The van der Waals surface area contributed by atoms with Crippen molar-refractivity contribution in [2.24, 2.45) is 10.7 Å². The van der Waals surface area contributed by atoms with Crippen LogP contribution in [0, 0.1) is 0 Å². The van der Waals surface area contributed by atoms with Crippen LogP contribution >= 0.6 is 24.0 Å². The molecular weight excluding hydrogens is 365 g/mol. The Kier molecular flexibility index (Phi) is 11.2. The molecule has 0 radical (unpaired) electrons. The Morgan fingerprint density at radius 2 is 2.10 bits per heavy atom. The van der Waals surface area contributed by atoms with Gasteiger partial charge in [0.2, 0.25) is 0 Å². The normalized spacial score (nSPS) is 10.9. The number of benzene rings is 1. The predicted molar refractivity (Wildman–Crippen MR) is 95.9 cm³/mol. The van der Waals surface area contributed by atoms with Crippen molar-refractivity contribution in [3.8, 4) is 5.75 Å². The zero-order valence-electron chi connectivity index (χ0n) is 12.1. The molecule has 0 bridgehead atoms.